The fraction of sp³-hybridized carbons (Fsp3) is 0.400. The zero-order valence-electron chi connectivity index (χ0n) is 5.06. The molecule has 0 aliphatic heterocycles. The van der Waals surface area contributed by atoms with Crippen LogP contribution in [-0.2, 0) is 0 Å². The molecule has 0 atom stereocenters. The molecule has 0 radical (unpaired) electrons. The van der Waals surface area contributed by atoms with Gasteiger partial charge in [0.1, 0.15) is 0 Å². The summed E-state index contributed by atoms with van der Waals surface area (Å²) in [7, 11) is 0. The van der Waals surface area contributed by atoms with Crippen LogP contribution in [0.25, 0.3) is 0 Å². The summed E-state index contributed by atoms with van der Waals surface area (Å²) in [6.45, 7) is 3.48. The lowest BCUT2D eigenvalue weighted by Gasteiger charge is -1.97. The van der Waals surface area contributed by atoms with E-state index in [1.165, 1.54) is 0 Å². The van der Waals surface area contributed by atoms with Crippen LogP contribution < -0.4 is 11.5 Å². The average molecular weight is 130 g/mol. The highest BCUT2D eigenvalue weighted by atomic mass is 32.1. The standard InChI is InChI=1S/C5H10N2S/c1-3(6)5(7)4(2)8/h6-7H2,1-2H3/b5-3+. The van der Waals surface area contributed by atoms with Gasteiger partial charge in [-0.2, -0.15) is 0 Å². The Kier molecular flexibility index (Phi) is 2.48. The second-order valence-electron chi connectivity index (χ2n) is 1.65. The number of hydrogen-bond donors (Lipinski definition) is 2. The van der Waals surface area contributed by atoms with Gasteiger partial charge in [-0.1, -0.05) is 12.2 Å². The molecule has 3 heteroatoms. The van der Waals surface area contributed by atoms with Crippen molar-refractivity contribution in [2.75, 3.05) is 0 Å². The van der Waals surface area contributed by atoms with Crippen LogP contribution >= 0.6 is 12.2 Å². The van der Waals surface area contributed by atoms with Crippen molar-refractivity contribution in [2.24, 2.45) is 11.5 Å². The molecule has 0 unspecified atom stereocenters. The molecule has 0 saturated heterocycles. The van der Waals surface area contributed by atoms with Gasteiger partial charge in [-0.15, -0.1) is 0 Å². The molecule has 0 heterocycles. The lowest BCUT2D eigenvalue weighted by molar-refractivity contribution is 1.23. The van der Waals surface area contributed by atoms with E-state index in [0.717, 1.165) is 0 Å². The zero-order valence-corrected chi connectivity index (χ0v) is 5.88. The normalized spacial score (nSPS) is 12.8. The molecule has 0 aromatic rings. The quantitative estimate of drug-likeness (QED) is 0.402. The predicted octanol–water partition coefficient (Wildman–Crippen LogP) is 0.525. The first-order valence-electron chi connectivity index (χ1n) is 2.28. The third-order valence-electron chi connectivity index (χ3n) is 0.804. The maximum Gasteiger partial charge on any atom is 0.0640 e. The minimum atomic E-state index is 0.528. The Bertz CT molecular complexity index is 133. The Morgan fingerprint density at radius 3 is 1.62 bits per heavy atom. The lowest BCUT2D eigenvalue weighted by atomic mass is 10.3. The van der Waals surface area contributed by atoms with Gasteiger partial charge >= 0.3 is 0 Å². The molecule has 2 nitrogen and oxygen atoms in total. The molecule has 0 aromatic heterocycles. The summed E-state index contributed by atoms with van der Waals surface area (Å²) in [4.78, 5) is 0.657. The van der Waals surface area contributed by atoms with Crippen LogP contribution in [0.4, 0.5) is 0 Å². The van der Waals surface area contributed by atoms with Crippen molar-refractivity contribution in [3.63, 3.8) is 0 Å². The van der Waals surface area contributed by atoms with Gasteiger partial charge in [-0.05, 0) is 13.8 Å². The van der Waals surface area contributed by atoms with Gasteiger partial charge in [0.25, 0.3) is 0 Å². The Labute approximate surface area is 54.5 Å². The van der Waals surface area contributed by atoms with Gasteiger partial charge in [0.2, 0.25) is 0 Å². The smallest absolute Gasteiger partial charge is 0.0640 e. The third-order valence-corrected chi connectivity index (χ3v) is 1.02. The van der Waals surface area contributed by atoms with E-state index < -0.39 is 0 Å². The second kappa shape index (κ2) is 2.67. The summed E-state index contributed by atoms with van der Waals surface area (Å²) in [6.07, 6.45) is 0. The number of thiocarbonyl (C=S) groups is 1. The molecule has 0 aliphatic rings. The van der Waals surface area contributed by atoms with Gasteiger partial charge in [-0.3, -0.25) is 0 Å². The van der Waals surface area contributed by atoms with Crippen molar-refractivity contribution in [2.45, 2.75) is 13.8 Å². The van der Waals surface area contributed by atoms with Crippen LogP contribution in [0, 0.1) is 0 Å². The van der Waals surface area contributed by atoms with Crippen LogP contribution in [-0.4, -0.2) is 4.86 Å². The minimum absolute atomic E-state index is 0.528. The second-order valence-corrected chi connectivity index (χ2v) is 2.27. The van der Waals surface area contributed by atoms with Crippen LogP contribution in [0.15, 0.2) is 11.4 Å². The molecule has 0 amide bonds. The molecule has 4 N–H and O–H groups in total. The first kappa shape index (κ1) is 7.43. The van der Waals surface area contributed by atoms with E-state index >= 15 is 0 Å². The molecule has 0 rings (SSSR count). The van der Waals surface area contributed by atoms with Crippen LogP contribution in [0.3, 0.4) is 0 Å². The molecule has 8 heavy (non-hydrogen) atoms. The maximum atomic E-state index is 5.37. The van der Waals surface area contributed by atoms with Crippen LogP contribution in [0.2, 0.25) is 0 Å². The van der Waals surface area contributed by atoms with Crippen LogP contribution in [0.5, 0.6) is 0 Å². The lowest BCUT2D eigenvalue weighted by Crippen LogP contribution is -2.12. The molecule has 0 bridgehead atoms. The number of hydrogen-bond acceptors (Lipinski definition) is 3. The highest BCUT2D eigenvalue weighted by molar-refractivity contribution is 7.80. The Morgan fingerprint density at radius 1 is 1.25 bits per heavy atom. The summed E-state index contributed by atoms with van der Waals surface area (Å²) < 4.78 is 0. The van der Waals surface area contributed by atoms with E-state index in [0.29, 0.717) is 16.3 Å². The predicted molar refractivity (Wildman–Crippen MR) is 39.3 cm³/mol. The van der Waals surface area contributed by atoms with Crippen molar-refractivity contribution in [1.29, 1.82) is 0 Å². The Balaban J connectivity index is 4.23. The monoisotopic (exact) mass is 130 g/mol. The first-order valence-corrected chi connectivity index (χ1v) is 2.69. The van der Waals surface area contributed by atoms with Crippen molar-refractivity contribution in [3.05, 3.63) is 11.4 Å². The topological polar surface area (TPSA) is 52.0 Å². The SMILES string of the molecule is CC(=S)/C(N)=C(/C)N. The minimum Gasteiger partial charge on any atom is -0.401 e. The summed E-state index contributed by atoms with van der Waals surface area (Å²) >= 11 is 4.73. The van der Waals surface area contributed by atoms with Gasteiger partial charge < -0.3 is 11.5 Å². The number of nitrogens with two attached hydrogens (primary N) is 2. The fourth-order valence-electron chi connectivity index (χ4n) is 0.278. The highest BCUT2D eigenvalue weighted by Gasteiger charge is 1.92. The molecular formula is C5H10N2S. The van der Waals surface area contributed by atoms with Crippen molar-refractivity contribution in [3.8, 4) is 0 Å². The first-order chi connectivity index (χ1) is 3.55. The van der Waals surface area contributed by atoms with E-state index in [-0.39, 0.29) is 0 Å². The molecular weight excluding hydrogens is 120 g/mol. The Morgan fingerprint density at radius 2 is 1.62 bits per heavy atom. The van der Waals surface area contributed by atoms with Gasteiger partial charge in [0, 0.05) is 10.6 Å². The molecule has 0 fully saturated rings. The zero-order chi connectivity index (χ0) is 6.73. The largest absolute Gasteiger partial charge is 0.401 e. The summed E-state index contributed by atoms with van der Waals surface area (Å²) in [5.41, 5.74) is 11.8. The summed E-state index contributed by atoms with van der Waals surface area (Å²) in [5.74, 6) is 0. The molecule has 0 saturated carbocycles. The molecule has 0 spiro atoms. The van der Waals surface area contributed by atoms with Gasteiger partial charge in [0.05, 0.1) is 5.70 Å². The van der Waals surface area contributed by atoms with Crippen molar-refractivity contribution < 1.29 is 0 Å². The number of allylic oxidation sites excluding steroid dienone is 2. The van der Waals surface area contributed by atoms with E-state index in [2.05, 4.69) is 0 Å². The molecule has 0 aliphatic carbocycles. The molecule has 46 valence electrons. The fourth-order valence-corrected chi connectivity index (χ4v) is 0.439. The van der Waals surface area contributed by atoms with E-state index in [1.807, 2.05) is 0 Å². The number of rotatable bonds is 1. The van der Waals surface area contributed by atoms with Crippen molar-refractivity contribution >= 4 is 17.1 Å². The van der Waals surface area contributed by atoms with E-state index in [1.54, 1.807) is 13.8 Å². The average Bonchev–Trinajstić information content (AvgIpc) is 1.64. The van der Waals surface area contributed by atoms with Gasteiger partial charge in [0.15, 0.2) is 0 Å². The summed E-state index contributed by atoms with van der Waals surface area (Å²) in [6, 6.07) is 0. The maximum absolute atomic E-state index is 5.37. The van der Waals surface area contributed by atoms with Crippen LogP contribution in [0.1, 0.15) is 13.8 Å². The van der Waals surface area contributed by atoms with Gasteiger partial charge in [-0.25, -0.2) is 0 Å². The van der Waals surface area contributed by atoms with Crippen molar-refractivity contribution in [1.82, 2.24) is 0 Å². The van der Waals surface area contributed by atoms with E-state index in [4.69, 9.17) is 23.7 Å². The Hall–Kier alpha value is -0.570. The molecule has 0 aromatic carbocycles. The highest BCUT2D eigenvalue weighted by Crippen LogP contribution is 1.91. The summed E-state index contributed by atoms with van der Waals surface area (Å²) in [5, 5.41) is 0. The third kappa shape index (κ3) is 1.93. The van der Waals surface area contributed by atoms with E-state index in [9.17, 15) is 0 Å².